The van der Waals surface area contributed by atoms with Gasteiger partial charge in [0.2, 0.25) is 0 Å². The third kappa shape index (κ3) is 29.0. The monoisotopic (exact) mass is 338 g/mol. The maximum absolute atomic E-state index is 9.53. The molecule has 1 N–H and O–H groups in total. The lowest BCUT2D eigenvalue weighted by Gasteiger charge is -2.02. The molecule has 0 aromatic rings. The predicted molar refractivity (Wildman–Crippen MR) is 108 cm³/mol. The fourth-order valence-corrected chi connectivity index (χ4v) is 2.61. The molecule has 142 valence electrons. The Morgan fingerprint density at radius 3 is 1.33 bits per heavy atom. The number of unbranched alkanes of at least 4 members (excludes halogenated alkanes) is 14. The van der Waals surface area contributed by atoms with Gasteiger partial charge in [0.25, 0.3) is 0 Å². The summed E-state index contributed by atoms with van der Waals surface area (Å²) in [6, 6.07) is 0. The molecule has 0 aromatic heterocycles. The number of carboxylic acid groups (broad SMARTS) is 1. The van der Waals surface area contributed by atoms with E-state index in [1.165, 1.54) is 102 Å². The lowest BCUT2D eigenvalue weighted by Crippen LogP contribution is -1.88. The van der Waals surface area contributed by atoms with Crippen molar-refractivity contribution in [3.8, 4) is 0 Å². The zero-order valence-corrected chi connectivity index (χ0v) is 16.2. The third-order valence-electron chi connectivity index (χ3n) is 4.08. The van der Waals surface area contributed by atoms with Crippen LogP contribution < -0.4 is 0 Å². The molecule has 0 saturated carbocycles. The Morgan fingerprint density at radius 1 is 0.708 bits per heavy atom. The molecule has 0 rings (SSSR count). The maximum Gasteiger partial charge on any atom is 0.307 e. The molecule has 0 aliphatic heterocycles. The van der Waals surface area contributed by atoms with E-state index >= 15 is 0 Å². The van der Waals surface area contributed by atoms with Gasteiger partial charge in [-0.2, -0.15) is 0 Å². The molecule has 0 aliphatic carbocycles. The van der Waals surface area contributed by atoms with Gasteiger partial charge in [0, 0.05) is 0 Å². The summed E-state index contributed by atoms with van der Waals surface area (Å²) in [5, 5.41) is 7.84. The van der Waals surface area contributed by atoms with E-state index in [1.54, 1.807) is 0 Å². The summed E-state index contributed by atoms with van der Waals surface area (Å²) in [6.45, 7) is 9.27. The highest BCUT2D eigenvalue weighted by molar-refractivity contribution is 5.68. The molecular formula is C22H42O2. The number of hydrogen-bond acceptors (Lipinski definition) is 1. The van der Waals surface area contributed by atoms with Crippen molar-refractivity contribution in [1.82, 2.24) is 0 Å². The minimum absolute atomic E-state index is 0.0556. The molecule has 0 heterocycles. The lowest BCUT2D eigenvalue weighted by molar-refractivity contribution is -0.135. The van der Waals surface area contributed by atoms with Crippen LogP contribution in [0.2, 0.25) is 0 Å². The zero-order chi connectivity index (χ0) is 18.3. The quantitative estimate of drug-likeness (QED) is 0.218. The Kier molecular flexibility index (Phi) is 25.4. The molecule has 0 radical (unpaired) electrons. The minimum atomic E-state index is -0.829. The number of carbonyl (C=O) groups is 1. The van der Waals surface area contributed by atoms with Crippen LogP contribution in [0.15, 0.2) is 25.3 Å². The fraction of sp³-hybridized carbons (Fsp3) is 0.773. The average Bonchev–Trinajstić information content (AvgIpc) is 2.56. The largest absolute Gasteiger partial charge is 0.481 e. The molecule has 24 heavy (non-hydrogen) atoms. The van der Waals surface area contributed by atoms with Crippen LogP contribution in [0.25, 0.3) is 0 Å². The van der Waals surface area contributed by atoms with Crippen molar-refractivity contribution < 1.29 is 9.90 Å². The van der Waals surface area contributed by atoms with Crippen molar-refractivity contribution in [1.29, 1.82) is 0 Å². The molecule has 0 atom stereocenters. The summed E-state index contributed by atoms with van der Waals surface area (Å²) in [7, 11) is 0. The molecule has 0 unspecified atom stereocenters. The van der Waals surface area contributed by atoms with Gasteiger partial charge in [-0.25, -0.2) is 0 Å². The van der Waals surface area contributed by atoms with Crippen molar-refractivity contribution in [2.24, 2.45) is 0 Å². The van der Waals surface area contributed by atoms with Gasteiger partial charge < -0.3 is 5.11 Å². The molecule has 0 saturated heterocycles. The first kappa shape index (κ1) is 25.2. The summed E-state index contributed by atoms with van der Waals surface area (Å²) in [5.41, 5.74) is 0. The van der Waals surface area contributed by atoms with Crippen LogP contribution in [0.3, 0.4) is 0 Å². The van der Waals surface area contributed by atoms with Crippen molar-refractivity contribution in [2.45, 2.75) is 110 Å². The van der Waals surface area contributed by atoms with Gasteiger partial charge in [-0.3, -0.25) is 4.79 Å². The van der Waals surface area contributed by atoms with Crippen LogP contribution in [0, 0.1) is 0 Å². The van der Waals surface area contributed by atoms with Gasteiger partial charge >= 0.3 is 5.97 Å². The van der Waals surface area contributed by atoms with E-state index < -0.39 is 5.97 Å². The third-order valence-corrected chi connectivity index (χ3v) is 4.08. The molecule has 0 amide bonds. The summed E-state index contributed by atoms with van der Waals surface area (Å²) in [6.07, 6.45) is 24.9. The Balaban J connectivity index is 0. The highest BCUT2D eigenvalue weighted by Gasteiger charge is 1.93. The van der Waals surface area contributed by atoms with Gasteiger partial charge in [0.1, 0.15) is 0 Å². The first-order valence-electron chi connectivity index (χ1n) is 10.1. The van der Waals surface area contributed by atoms with Gasteiger partial charge in [-0.05, 0) is 12.8 Å². The summed E-state index contributed by atoms with van der Waals surface area (Å²) in [5.74, 6) is -0.829. The molecule has 0 spiro atoms. The summed E-state index contributed by atoms with van der Waals surface area (Å²) >= 11 is 0. The fourth-order valence-electron chi connectivity index (χ4n) is 2.61. The molecule has 0 fully saturated rings. The van der Waals surface area contributed by atoms with Crippen molar-refractivity contribution >= 4 is 5.97 Å². The number of rotatable bonds is 17. The number of aliphatic carboxylic acids is 1. The van der Waals surface area contributed by atoms with Crippen molar-refractivity contribution in [3.63, 3.8) is 0 Å². The van der Waals surface area contributed by atoms with Gasteiger partial charge in [0.05, 0.1) is 6.42 Å². The van der Waals surface area contributed by atoms with Crippen LogP contribution in [0.5, 0.6) is 0 Å². The molecular weight excluding hydrogens is 296 g/mol. The first-order chi connectivity index (χ1) is 11.7. The molecule has 0 aromatic carbocycles. The van der Waals surface area contributed by atoms with E-state index in [2.05, 4.69) is 20.1 Å². The zero-order valence-electron chi connectivity index (χ0n) is 16.2. The summed E-state index contributed by atoms with van der Waals surface area (Å²) in [4.78, 5) is 9.53. The average molecular weight is 339 g/mol. The number of carboxylic acids is 1. The predicted octanol–water partition coefficient (Wildman–Crippen LogP) is 7.69. The topological polar surface area (TPSA) is 37.3 Å². The Hall–Kier alpha value is -1.05. The van der Waals surface area contributed by atoms with E-state index in [0.29, 0.717) is 0 Å². The highest BCUT2D eigenvalue weighted by atomic mass is 16.4. The van der Waals surface area contributed by atoms with Crippen LogP contribution in [0.4, 0.5) is 0 Å². The smallest absolute Gasteiger partial charge is 0.307 e. The van der Waals surface area contributed by atoms with Crippen LogP contribution in [-0.4, -0.2) is 11.1 Å². The van der Waals surface area contributed by atoms with Gasteiger partial charge in [0.15, 0.2) is 0 Å². The van der Waals surface area contributed by atoms with E-state index in [-0.39, 0.29) is 6.42 Å². The maximum atomic E-state index is 9.53. The van der Waals surface area contributed by atoms with Crippen LogP contribution in [-0.2, 0) is 4.79 Å². The standard InChI is InChI=1S/C18H36.C4H6O2/c1-3-5-7-9-11-13-15-17-18-16-14-12-10-8-6-4-2;1-2-3-4(5)6/h3H,1,4-18H2,2H3;2H,1,3H2,(H,5,6). The number of hydrogen-bond donors (Lipinski definition) is 1. The second-order valence-electron chi connectivity index (χ2n) is 6.56. The Labute approximate surface area is 151 Å². The Morgan fingerprint density at radius 2 is 1.08 bits per heavy atom. The van der Waals surface area contributed by atoms with Crippen LogP contribution in [0.1, 0.15) is 110 Å². The Bertz CT molecular complexity index is 271. The molecule has 2 heteroatoms. The highest BCUT2D eigenvalue weighted by Crippen LogP contribution is 2.13. The molecule has 0 bridgehead atoms. The summed E-state index contributed by atoms with van der Waals surface area (Å²) < 4.78 is 0. The van der Waals surface area contributed by atoms with Gasteiger partial charge in [-0.15, -0.1) is 13.2 Å². The van der Waals surface area contributed by atoms with E-state index in [4.69, 9.17) is 5.11 Å². The minimum Gasteiger partial charge on any atom is -0.481 e. The lowest BCUT2D eigenvalue weighted by atomic mass is 10.0. The van der Waals surface area contributed by atoms with Gasteiger partial charge in [-0.1, -0.05) is 103 Å². The molecule has 0 aliphatic rings. The van der Waals surface area contributed by atoms with E-state index in [1.807, 2.05) is 6.08 Å². The van der Waals surface area contributed by atoms with Crippen molar-refractivity contribution in [3.05, 3.63) is 25.3 Å². The van der Waals surface area contributed by atoms with Crippen molar-refractivity contribution in [2.75, 3.05) is 0 Å². The second kappa shape index (κ2) is 24.2. The SMILES string of the molecule is C=CCC(=O)O.C=CCCCCCCCCCCCCCCCC. The van der Waals surface area contributed by atoms with E-state index in [0.717, 1.165) is 0 Å². The second-order valence-corrected chi connectivity index (χ2v) is 6.56. The first-order valence-corrected chi connectivity index (χ1v) is 10.1. The van der Waals surface area contributed by atoms with E-state index in [9.17, 15) is 4.79 Å². The normalized spacial score (nSPS) is 9.88. The van der Waals surface area contributed by atoms with Crippen LogP contribution >= 0.6 is 0 Å². The molecule has 2 nitrogen and oxygen atoms in total. The number of allylic oxidation sites excluding steroid dienone is 1.